The minimum atomic E-state index is -6.74. The van der Waals surface area contributed by atoms with Crippen LogP contribution in [0.5, 0.6) is 0 Å². The highest BCUT2D eigenvalue weighted by Gasteiger charge is 2.24. The molecule has 0 aliphatic rings. The zero-order valence-corrected chi connectivity index (χ0v) is 7.97. The predicted octanol–water partition coefficient (Wildman–Crippen LogP) is 2.16. The van der Waals surface area contributed by atoms with Gasteiger partial charge in [-0.3, -0.25) is 4.21 Å². The molecular formula is C8H5F3O3S-2. The molecule has 0 aromatic heterocycles. The Labute approximate surface area is 83.3 Å². The van der Waals surface area contributed by atoms with E-state index in [1.807, 2.05) is 0 Å². The molecule has 0 saturated heterocycles. The third kappa shape index (κ3) is 2.09. The maximum absolute atomic E-state index is 12.6. The maximum Gasteiger partial charge on any atom is 0.311 e. The van der Waals surface area contributed by atoms with E-state index in [0.29, 0.717) is 0 Å². The van der Waals surface area contributed by atoms with E-state index in [-0.39, 0.29) is 0 Å². The van der Waals surface area contributed by atoms with Crippen molar-refractivity contribution in [2.75, 3.05) is 0 Å². The summed E-state index contributed by atoms with van der Waals surface area (Å²) in [5, 5.41) is -2.95. The first kappa shape index (κ1) is 11.9. The molecule has 0 unspecified atom stereocenters. The summed E-state index contributed by atoms with van der Waals surface area (Å²) in [6.07, 6.45) is -3.15. The number of rotatable bonds is 2. The van der Waals surface area contributed by atoms with Crippen molar-refractivity contribution >= 4 is 9.63 Å². The van der Waals surface area contributed by atoms with Crippen LogP contribution in [0.4, 0.5) is 13.2 Å². The summed E-state index contributed by atoms with van der Waals surface area (Å²) in [6, 6.07) is 5.11. The first-order chi connectivity index (χ1) is 6.74. The van der Waals surface area contributed by atoms with Crippen LogP contribution in [0.15, 0.2) is 46.5 Å². The second kappa shape index (κ2) is 3.44. The predicted molar refractivity (Wildman–Crippen MR) is 44.8 cm³/mol. The smallest absolute Gasteiger partial charge is 0.311 e. The van der Waals surface area contributed by atoms with Crippen LogP contribution >= 0.6 is 0 Å². The second-order valence-corrected chi connectivity index (χ2v) is 5.10. The lowest BCUT2D eigenvalue weighted by atomic mass is 10.4. The topological polar surface area (TPSA) is 63.2 Å². The third-order valence-corrected chi connectivity index (χ3v) is 3.47. The van der Waals surface area contributed by atoms with Gasteiger partial charge in [-0.2, -0.15) is 13.2 Å². The van der Waals surface area contributed by atoms with Gasteiger partial charge < -0.3 is 9.11 Å². The van der Waals surface area contributed by atoms with E-state index in [1.54, 1.807) is 0 Å². The van der Waals surface area contributed by atoms with Crippen molar-refractivity contribution < 1.29 is 26.5 Å². The lowest BCUT2D eigenvalue weighted by molar-refractivity contribution is 0.332. The fourth-order valence-electron chi connectivity index (χ4n) is 0.892. The van der Waals surface area contributed by atoms with Gasteiger partial charge in [-0.05, 0) is 17.0 Å². The Kier molecular flexibility index (Phi) is 2.73. The lowest BCUT2D eigenvalue weighted by Gasteiger charge is -2.53. The van der Waals surface area contributed by atoms with Crippen LogP contribution in [0.3, 0.4) is 0 Å². The van der Waals surface area contributed by atoms with E-state index in [2.05, 4.69) is 0 Å². The zero-order chi connectivity index (χ0) is 11.7. The normalized spacial score (nSPS) is 14.1. The zero-order valence-electron chi connectivity index (χ0n) is 7.15. The van der Waals surface area contributed by atoms with Gasteiger partial charge >= 0.3 is 6.08 Å². The Hall–Kier alpha value is -1.18. The Balaban J connectivity index is 3.47. The van der Waals surface area contributed by atoms with Crippen molar-refractivity contribution in [3.63, 3.8) is 0 Å². The molecule has 84 valence electrons. The SMILES string of the molecule is O=S([O-])([O-])(C(F)=C(F)F)c1ccccc1. The number of hydrogen-bond acceptors (Lipinski definition) is 3. The molecule has 7 heteroatoms. The molecule has 0 bridgehead atoms. The third-order valence-electron chi connectivity index (χ3n) is 1.61. The van der Waals surface area contributed by atoms with Crippen LogP contribution < -0.4 is 0 Å². The van der Waals surface area contributed by atoms with E-state index in [4.69, 9.17) is 0 Å². The van der Waals surface area contributed by atoms with Gasteiger partial charge in [-0.1, -0.05) is 18.2 Å². The first-order valence-electron chi connectivity index (χ1n) is 3.64. The van der Waals surface area contributed by atoms with Gasteiger partial charge in [0.15, 0.2) is 0 Å². The summed E-state index contributed by atoms with van der Waals surface area (Å²) >= 11 is 0. The van der Waals surface area contributed by atoms with Crippen molar-refractivity contribution in [1.82, 2.24) is 0 Å². The van der Waals surface area contributed by atoms with E-state index in [1.165, 1.54) is 6.07 Å². The van der Waals surface area contributed by atoms with Crippen LogP contribution in [0.25, 0.3) is 0 Å². The standard InChI is InChI=1S/C8H7F3O3S/c9-7(10)8(11)15(12,13,14)6-4-2-1-3-5-6/h1-5H,(H2,12,13,14)/p-2. The highest BCUT2D eigenvalue weighted by Crippen LogP contribution is 2.39. The summed E-state index contributed by atoms with van der Waals surface area (Å²) in [7, 11) is -6.74. The van der Waals surface area contributed by atoms with E-state index < -0.39 is 25.8 Å². The van der Waals surface area contributed by atoms with Crippen LogP contribution in [-0.2, 0) is 9.63 Å². The van der Waals surface area contributed by atoms with Gasteiger partial charge in [-0.25, -0.2) is 0 Å². The Morgan fingerprint density at radius 2 is 1.53 bits per heavy atom. The Morgan fingerprint density at radius 1 is 1.07 bits per heavy atom. The van der Waals surface area contributed by atoms with E-state index in [9.17, 15) is 26.5 Å². The highest BCUT2D eigenvalue weighted by atomic mass is 32.3. The van der Waals surface area contributed by atoms with Gasteiger partial charge in [-0.15, -0.1) is 9.63 Å². The van der Waals surface area contributed by atoms with E-state index in [0.717, 1.165) is 24.3 Å². The van der Waals surface area contributed by atoms with Crippen molar-refractivity contribution in [3.05, 3.63) is 41.6 Å². The summed E-state index contributed by atoms with van der Waals surface area (Å²) in [5.74, 6) is 0. The van der Waals surface area contributed by atoms with Gasteiger partial charge in [0, 0.05) is 0 Å². The molecule has 0 N–H and O–H groups in total. The van der Waals surface area contributed by atoms with Gasteiger partial charge in [0.25, 0.3) is 0 Å². The summed E-state index contributed by atoms with van der Waals surface area (Å²) in [4.78, 5) is -1.04. The molecule has 0 heterocycles. The summed E-state index contributed by atoms with van der Waals surface area (Å²) in [5.41, 5.74) is 0. The van der Waals surface area contributed by atoms with Crippen molar-refractivity contribution in [1.29, 1.82) is 0 Å². The monoisotopic (exact) mass is 238 g/mol. The molecule has 0 aliphatic heterocycles. The Bertz CT molecular complexity index is 459. The number of halogens is 3. The molecular weight excluding hydrogens is 233 g/mol. The van der Waals surface area contributed by atoms with Crippen molar-refractivity contribution in [2.24, 2.45) is 0 Å². The number of benzene rings is 1. The fraction of sp³-hybridized carbons (Fsp3) is 0. The van der Waals surface area contributed by atoms with Crippen LogP contribution in [0.1, 0.15) is 0 Å². The molecule has 0 amide bonds. The second-order valence-electron chi connectivity index (χ2n) is 2.65. The summed E-state index contributed by atoms with van der Waals surface area (Å²) < 4.78 is 69.5. The highest BCUT2D eigenvalue weighted by molar-refractivity contribution is 8.13. The Morgan fingerprint density at radius 3 is 1.93 bits per heavy atom. The van der Waals surface area contributed by atoms with Crippen LogP contribution in [0, 0.1) is 0 Å². The molecule has 1 rings (SSSR count). The van der Waals surface area contributed by atoms with Gasteiger partial charge in [0.1, 0.15) is 0 Å². The molecule has 0 saturated carbocycles. The largest absolute Gasteiger partial charge is 0.790 e. The van der Waals surface area contributed by atoms with E-state index >= 15 is 0 Å². The quantitative estimate of drug-likeness (QED) is 0.793. The minimum absolute atomic E-state index is 0.747. The number of hydrogen-bond donors (Lipinski definition) is 0. The average molecular weight is 238 g/mol. The first-order valence-corrected chi connectivity index (χ1v) is 5.45. The molecule has 15 heavy (non-hydrogen) atoms. The molecule has 1 aromatic rings. The molecule has 0 fully saturated rings. The number of sulfone groups is 3. The molecule has 0 spiro atoms. The molecule has 3 nitrogen and oxygen atoms in total. The van der Waals surface area contributed by atoms with Crippen molar-refractivity contribution in [2.45, 2.75) is 4.90 Å². The molecule has 0 atom stereocenters. The lowest BCUT2D eigenvalue weighted by Crippen LogP contribution is -2.33. The van der Waals surface area contributed by atoms with Gasteiger partial charge in [0.2, 0.25) is 5.16 Å². The maximum atomic E-state index is 12.6. The average Bonchev–Trinajstić information content (AvgIpc) is 2.17. The van der Waals surface area contributed by atoms with Crippen molar-refractivity contribution in [3.8, 4) is 0 Å². The van der Waals surface area contributed by atoms with Crippen LogP contribution in [0.2, 0.25) is 0 Å². The van der Waals surface area contributed by atoms with Crippen LogP contribution in [-0.4, -0.2) is 13.3 Å². The minimum Gasteiger partial charge on any atom is -0.790 e. The molecule has 1 aromatic carbocycles. The summed E-state index contributed by atoms with van der Waals surface area (Å²) in [6.45, 7) is 0. The molecule has 0 radical (unpaired) electrons. The van der Waals surface area contributed by atoms with Gasteiger partial charge in [0.05, 0.1) is 0 Å². The molecule has 0 aliphatic carbocycles. The fourth-order valence-corrected chi connectivity index (χ4v) is 1.99.